The molecule has 0 saturated heterocycles. The Morgan fingerprint density at radius 3 is 2.65 bits per heavy atom. The maximum absolute atomic E-state index is 11.8. The maximum Gasteiger partial charge on any atom is 0.253 e. The number of halogens is 2. The minimum atomic E-state index is -0.330. The van der Waals surface area contributed by atoms with Crippen molar-refractivity contribution in [3.05, 3.63) is 28.0 Å². The fourth-order valence-electron chi connectivity index (χ4n) is 1.22. The molecule has 17 heavy (non-hydrogen) atoms. The summed E-state index contributed by atoms with van der Waals surface area (Å²) in [6, 6.07) is 1.15. The molecule has 0 bridgehead atoms. The van der Waals surface area contributed by atoms with E-state index < -0.39 is 0 Å². The van der Waals surface area contributed by atoms with E-state index >= 15 is 0 Å². The molecule has 0 aliphatic heterocycles. The van der Waals surface area contributed by atoms with Crippen LogP contribution in [0.2, 0.25) is 10.2 Å². The van der Waals surface area contributed by atoms with Gasteiger partial charge in [-0.25, -0.2) is 4.98 Å². The van der Waals surface area contributed by atoms with E-state index in [0.717, 1.165) is 0 Å². The Balaban J connectivity index is 2.79. The van der Waals surface area contributed by atoms with E-state index in [9.17, 15) is 4.79 Å². The van der Waals surface area contributed by atoms with E-state index in [0.29, 0.717) is 5.56 Å². The predicted molar refractivity (Wildman–Crippen MR) is 67.4 cm³/mol. The van der Waals surface area contributed by atoms with Gasteiger partial charge in [-0.05, 0) is 12.0 Å². The first-order chi connectivity index (χ1) is 7.95. The van der Waals surface area contributed by atoms with Crippen molar-refractivity contribution in [2.45, 2.75) is 19.9 Å². The number of nitrogens with one attached hydrogen (secondary N) is 1. The van der Waals surface area contributed by atoms with Crippen LogP contribution < -0.4 is 5.32 Å². The summed E-state index contributed by atoms with van der Waals surface area (Å²) >= 11 is 11.4. The van der Waals surface area contributed by atoms with Crippen molar-refractivity contribution in [2.75, 3.05) is 6.61 Å². The van der Waals surface area contributed by atoms with Crippen molar-refractivity contribution in [1.29, 1.82) is 0 Å². The van der Waals surface area contributed by atoms with Crippen LogP contribution in [0, 0.1) is 5.92 Å². The van der Waals surface area contributed by atoms with Gasteiger partial charge in [0.2, 0.25) is 0 Å². The molecule has 0 spiro atoms. The highest BCUT2D eigenvalue weighted by molar-refractivity contribution is 6.41. The van der Waals surface area contributed by atoms with Gasteiger partial charge in [-0.3, -0.25) is 4.79 Å². The van der Waals surface area contributed by atoms with Gasteiger partial charge in [0.1, 0.15) is 5.15 Å². The van der Waals surface area contributed by atoms with Crippen molar-refractivity contribution in [2.24, 2.45) is 5.92 Å². The van der Waals surface area contributed by atoms with Gasteiger partial charge in [0.25, 0.3) is 5.91 Å². The minimum Gasteiger partial charge on any atom is -0.394 e. The zero-order valence-electron chi connectivity index (χ0n) is 9.58. The topological polar surface area (TPSA) is 62.2 Å². The van der Waals surface area contributed by atoms with E-state index in [1.807, 2.05) is 13.8 Å². The normalized spacial score (nSPS) is 12.6. The molecule has 2 N–H and O–H groups in total. The first kappa shape index (κ1) is 14.2. The average molecular weight is 277 g/mol. The predicted octanol–water partition coefficient (Wildman–Crippen LogP) is 2.14. The molecular weight excluding hydrogens is 263 g/mol. The third kappa shape index (κ3) is 3.84. The van der Waals surface area contributed by atoms with Gasteiger partial charge >= 0.3 is 0 Å². The lowest BCUT2D eigenvalue weighted by Gasteiger charge is -2.19. The molecule has 1 heterocycles. The van der Waals surface area contributed by atoms with Crippen LogP contribution in [0.1, 0.15) is 24.2 Å². The zero-order chi connectivity index (χ0) is 13.0. The summed E-state index contributed by atoms with van der Waals surface area (Å²) in [6.45, 7) is 3.71. The molecule has 0 aliphatic rings. The molecule has 1 amide bonds. The minimum absolute atomic E-state index is 0.113. The van der Waals surface area contributed by atoms with Crippen LogP contribution in [0.25, 0.3) is 0 Å². The standard InChI is InChI=1S/C11H14Cl2N2O2/c1-6(2)9(5-16)15-11(17)7-3-8(12)10(13)14-4-7/h3-4,6,9,16H,5H2,1-2H3,(H,15,17)/t9-/m1/s1. The number of aromatic nitrogens is 1. The van der Waals surface area contributed by atoms with Crippen molar-refractivity contribution in [1.82, 2.24) is 10.3 Å². The Labute approximate surface area is 110 Å². The summed E-state index contributed by atoms with van der Waals surface area (Å²) in [5, 5.41) is 12.2. The molecule has 0 aliphatic carbocycles. The fraction of sp³-hybridized carbons (Fsp3) is 0.455. The number of amides is 1. The lowest BCUT2D eigenvalue weighted by atomic mass is 10.1. The van der Waals surface area contributed by atoms with Crippen LogP contribution in [-0.4, -0.2) is 28.6 Å². The van der Waals surface area contributed by atoms with E-state index in [1.54, 1.807) is 0 Å². The highest BCUT2D eigenvalue weighted by atomic mass is 35.5. The quantitative estimate of drug-likeness (QED) is 0.829. The van der Waals surface area contributed by atoms with Gasteiger partial charge in [-0.1, -0.05) is 37.0 Å². The van der Waals surface area contributed by atoms with E-state index in [4.69, 9.17) is 28.3 Å². The molecule has 1 atom stereocenters. The van der Waals surface area contributed by atoms with Crippen LogP contribution in [0.5, 0.6) is 0 Å². The summed E-state index contributed by atoms with van der Waals surface area (Å²) in [6.07, 6.45) is 1.35. The lowest BCUT2D eigenvalue weighted by Crippen LogP contribution is -2.41. The highest BCUT2D eigenvalue weighted by Crippen LogP contribution is 2.19. The molecular formula is C11H14Cl2N2O2. The molecule has 4 nitrogen and oxygen atoms in total. The fourth-order valence-corrected chi connectivity index (χ4v) is 1.49. The first-order valence-electron chi connectivity index (χ1n) is 5.18. The van der Waals surface area contributed by atoms with Crippen LogP contribution >= 0.6 is 23.2 Å². The number of hydrogen-bond donors (Lipinski definition) is 2. The number of aliphatic hydroxyl groups is 1. The van der Waals surface area contributed by atoms with Gasteiger partial charge in [-0.15, -0.1) is 0 Å². The first-order valence-corrected chi connectivity index (χ1v) is 5.94. The average Bonchev–Trinajstić information content (AvgIpc) is 2.28. The van der Waals surface area contributed by atoms with Gasteiger partial charge < -0.3 is 10.4 Å². The van der Waals surface area contributed by atoms with Crippen molar-refractivity contribution < 1.29 is 9.90 Å². The monoisotopic (exact) mass is 276 g/mol. The smallest absolute Gasteiger partial charge is 0.253 e. The Morgan fingerprint density at radius 1 is 1.53 bits per heavy atom. The zero-order valence-corrected chi connectivity index (χ0v) is 11.1. The number of hydrogen-bond acceptors (Lipinski definition) is 3. The Morgan fingerprint density at radius 2 is 2.18 bits per heavy atom. The Kier molecular flexibility index (Phi) is 5.18. The summed E-state index contributed by atoms with van der Waals surface area (Å²) < 4.78 is 0. The molecule has 1 aromatic heterocycles. The number of pyridine rings is 1. The Bertz CT molecular complexity index is 410. The van der Waals surface area contributed by atoms with Gasteiger partial charge in [-0.2, -0.15) is 0 Å². The van der Waals surface area contributed by atoms with Crippen LogP contribution in [0.4, 0.5) is 0 Å². The number of rotatable bonds is 4. The molecule has 1 rings (SSSR count). The number of carbonyl (C=O) groups excluding carboxylic acids is 1. The van der Waals surface area contributed by atoms with Crippen LogP contribution in [0.15, 0.2) is 12.3 Å². The van der Waals surface area contributed by atoms with Crippen molar-refractivity contribution in [3.63, 3.8) is 0 Å². The molecule has 94 valence electrons. The van der Waals surface area contributed by atoms with Crippen LogP contribution in [-0.2, 0) is 0 Å². The summed E-state index contributed by atoms with van der Waals surface area (Å²) in [7, 11) is 0. The molecule has 0 unspecified atom stereocenters. The van der Waals surface area contributed by atoms with Crippen molar-refractivity contribution in [3.8, 4) is 0 Å². The molecule has 0 aromatic carbocycles. The van der Waals surface area contributed by atoms with Gasteiger partial charge in [0.15, 0.2) is 0 Å². The van der Waals surface area contributed by atoms with Crippen LogP contribution in [0.3, 0.4) is 0 Å². The second kappa shape index (κ2) is 6.19. The van der Waals surface area contributed by atoms with E-state index in [1.165, 1.54) is 12.3 Å². The molecule has 0 fully saturated rings. The Hall–Kier alpha value is -0.840. The molecule has 1 aromatic rings. The third-order valence-corrected chi connectivity index (χ3v) is 3.06. The van der Waals surface area contributed by atoms with E-state index in [-0.39, 0.29) is 34.6 Å². The number of nitrogens with zero attached hydrogens (tertiary/aromatic N) is 1. The summed E-state index contributed by atoms with van der Waals surface area (Å²) in [5.41, 5.74) is 0.318. The maximum atomic E-state index is 11.8. The molecule has 0 saturated carbocycles. The molecule has 0 radical (unpaired) electrons. The second-order valence-corrected chi connectivity index (χ2v) is 4.77. The molecule has 6 heteroatoms. The SMILES string of the molecule is CC(C)[C@@H](CO)NC(=O)c1cnc(Cl)c(Cl)c1. The lowest BCUT2D eigenvalue weighted by molar-refractivity contribution is 0.0896. The second-order valence-electron chi connectivity index (χ2n) is 4.00. The largest absolute Gasteiger partial charge is 0.394 e. The summed E-state index contributed by atoms with van der Waals surface area (Å²) in [4.78, 5) is 15.6. The highest BCUT2D eigenvalue weighted by Gasteiger charge is 2.17. The number of carbonyl (C=O) groups is 1. The number of aliphatic hydroxyl groups excluding tert-OH is 1. The van der Waals surface area contributed by atoms with E-state index in [2.05, 4.69) is 10.3 Å². The van der Waals surface area contributed by atoms with Crippen molar-refractivity contribution >= 4 is 29.1 Å². The van der Waals surface area contributed by atoms with Gasteiger partial charge in [0, 0.05) is 6.20 Å². The van der Waals surface area contributed by atoms with Gasteiger partial charge in [0.05, 0.1) is 23.2 Å². The third-order valence-electron chi connectivity index (χ3n) is 2.38. The summed E-state index contributed by atoms with van der Waals surface area (Å²) in [5.74, 6) is -0.191.